The van der Waals surface area contributed by atoms with E-state index in [9.17, 15) is 8.42 Å². The van der Waals surface area contributed by atoms with Crippen molar-refractivity contribution in [3.8, 4) is 0 Å². The number of benzene rings is 1. The fraction of sp³-hybridized carbons (Fsp3) is 0.647. The van der Waals surface area contributed by atoms with Crippen molar-refractivity contribution in [2.24, 2.45) is 0 Å². The van der Waals surface area contributed by atoms with Gasteiger partial charge in [0.15, 0.2) is 0 Å². The summed E-state index contributed by atoms with van der Waals surface area (Å²) in [5.41, 5.74) is 2.69. The summed E-state index contributed by atoms with van der Waals surface area (Å²) in [5.74, 6) is 0.509. The van der Waals surface area contributed by atoms with Crippen molar-refractivity contribution in [2.45, 2.75) is 52.0 Å². The van der Waals surface area contributed by atoms with E-state index in [-0.39, 0.29) is 23.0 Å². The third kappa shape index (κ3) is 5.44. The average Bonchev–Trinajstić information content (AvgIpc) is 2.43. The maximum absolute atomic E-state index is 11.6. The standard InChI is InChI=1S/C17H29NO2S/c1-6-21(19,20)13-9-12-16(18-5)14-10-7-8-11-15(14)17(2,3)4/h7-8,10-11,16,18H,6,9,12-13H2,1-5H3. The van der Waals surface area contributed by atoms with E-state index in [4.69, 9.17) is 0 Å². The zero-order chi connectivity index (χ0) is 16.1. The Bertz CT molecular complexity index is 544. The molecule has 0 aromatic heterocycles. The number of hydrogen-bond donors (Lipinski definition) is 1. The van der Waals surface area contributed by atoms with E-state index in [2.05, 4.69) is 50.4 Å². The van der Waals surface area contributed by atoms with E-state index >= 15 is 0 Å². The highest BCUT2D eigenvalue weighted by Gasteiger charge is 2.22. The molecule has 1 aromatic rings. The monoisotopic (exact) mass is 311 g/mol. The van der Waals surface area contributed by atoms with Crippen molar-refractivity contribution in [3.63, 3.8) is 0 Å². The zero-order valence-electron chi connectivity index (χ0n) is 13.9. The van der Waals surface area contributed by atoms with Crippen molar-refractivity contribution in [3.05, 3.63) is 35.4 Å². The molecule has 0 heterocycles. The van der Waals surface area contributed by atoms with Crippen molar-refractivity contribution in [2.75, 3.05) is 18.6 Å². The molecule has 0 aliphatic carbocycles. The Balaban J connectivity index is 2.87. The third-order valence-corrected chi connectivity index (χ3v) is 5.67. The van der Waals surface area contributed by atoms with Crippen molar-refractivity contribution in [1.29, 1.82) is 0 Å². The minimum Gasteiger partial charge on any atom is -0.313 e. The fourth-order valence-electron chi connectivity index (χ4n) is 2.59. The zero-order valence-corrected chi connectivity index (χ0v) is 14.8. The molecule has 0 aliphatic heterocycles. The number of sulfone groups is 1. The van der Waals surface area contributed by atoms with E-state index in [1.807, 2.05) is 7.05 Å². The molecule has 0 fully saturated rings. The van der Waals surface area contributed by atoms with Crippen molar-refractivity contribution < 1.29 is 8.42 Å². The van der Waals surface area contributed by atoms with Crippen LogP contribution in [0.1, 0.15) is 57.7 Å². The van der Waals surface area contributed by atoms with Crippen LogP contribution < -0.4 is 5.32 Å². The molecular formula is C17H29NO2S. The van der Waals surface area contributed by atoms with E-state index in [0.717, 1.165) is 6.42 Å². The van der Waals surface area contributed by atoms with Crippen LogP contribution >= 0.6 is 0 Å². The average molecular weight is 311 g/mol. The Morgan fingerprint density at radius 2 is 1.81 bits per heavy atom. The predicted molar refractivity (Wildman–Crippen MR) is 90.5 cm³/mol. The van der Waals surface area contributed by atoms with Gasteiger partial charge >= 0.3 is 0 Å². The van der Waals surface area contributed by atoms with Gasteiger partial charge in [0, 0.05) is 11.8 Å². The van der Waals surface area contributed by atoms with Gasteiger partial charge in [-0.15, -0.1) is 0 Å². The number of hydrogen-bond acceptors (Lipinski definition) is 3. The molecule has 0 amide bonds. The number of rotatable bonds is 7. The van der Waals surface area contributed by atoms with Gasteiger partial charge in [0.1, 0.15) is 9.84 Å². The molecule has 3 nitrogen and oxygen atoms in total. The second-order valence-corrected chi connectivity index (χ2v) is 9.03. The summed E-state index contributed by atoms with van der Waals surface area (Å²) < 4.78 is 23.2. The van der Waals surface area contributed by atoms with Crippen LogP contribution in [-0.4, -0.2) is 27.0 Å². The lowest BCUT2D eigenvalue weighted by Gasteiger charge is -2.27. The molecule has 1 N–H and O–H groups in total. The molecule has 0 spiro atoms. The molecule has 120 valence electrons. The number of nitrogens with one attached hydrogen (secondary N) is 1. The van der Waals surface area contributed by atoms with Gasteiger partial charge in [0.05, 0.1) is 5.75 Å². The second-order valence-electron chi connectivity index (χ2n) is 6.56. The minimum atomic E-state index is -2.87. The smallest absolute Gasteiger partial charge is 0.150 e. The molecular weight excluding hydrogens is 282 g/mol. The van der Waals surface area contributed by atoms with Gasteiger partial charge in [0.2, 0.25) is 0 Å². The summed E-state index contributed by atoms with van der Waals surface area (Å²) in [7, 11) is -0.929. The highest BCUT2D eigenvalue weighted by molar-refractivity contribution is 7.91. The summed E-state index contributed by atoms with van der Waals surface area (Å²) in [6.45, 7) is 8.33. The van der Waals surface area contributed by atoms with Crippen LogP contribution in [0.5, 0.6) is 0 Å². The molecule has 0 saturated carbocycles. The molecule has 1 aromatic carbocycles. The summed E-state index contributed by atoms with van der Waals surface area (Å²) in [6, 6.07) is 8.64. The van der Waals surface area contributed by atoms with Crippen LogP contribution in [-0.2, 0) is 15.3 Å². The predicted octanol–water partition coefficient (Wildman–Crippen LogP) is 3.46. The van der Waals surface area contributed by atoms with Crippen LogP contribution in [0.15, 0.2) is 24.3 Å². The van der Waals surface area contributed by atoms with E-state index in [0.29, 0.717) is 6.42 Å². The molecule has 0 saturated heterocycles. The van der Waals surface area contributed by atoms with Gasteiger partial charge < -0.3 is 5.32 Å². The van der Waals surface area contributed by atoms with E-state index < -0.39 is 9.84 Å². The van der Waals surface area contributed by atoms with E-state index in [1.165, 1.54) is 11.1 Å². The molecule has 0 aliphatic rings. The maximum Gasteiger partial charge on any atom is 0.150 e. The minimum absolute atomic E-state index is 0.0845. The lowest BCUT2D eigenvalue weighted by atomic mass is 9.81. The summed E-state index contributed by atoms with van der Waals surface area (Å²) in [5, 5.41) is 3.34. The maximum atomic E-state index is 11.6. The van der Waals surface area contributed by atoms with Gasteiger partial charge in [-0.25, -0.2) is 8.42 Å². The SMILES string of the molecule is CCS(=O)(=O)CCCC(NC)c1ccccc1C(C)(C)C. The largest absolute Gasteiger partial charge is 0.313 e. The van der Waals surface area contributed by atoms with Gasteiger partial charge in [-0.05, 0) is 36.4 Å². The lowest BCUT2D eigenvalue weighted by molar-refractivity contribution is 0.509. The van der Waals surface area contributed by atoms with Crippen LogP contribution in [0.25, 0.3) is 0 Å². The molecule has 0 bridgehead atoms. The van der Waals surface area contributed by atoms with Gasteiger partial charge in [-0.1, -0.05) is 52.0 Å². The Kier molecular flexibility index (Phi) is 6.41. The summed E-state index contributed by atoms with van der Waals surface area (Å²) >= 11 is 0. The molecule has 0 radical (unpaired) electrons. The molecule has 4 heteroatoms. The highest BCUT2D eigenvalue weighted by Crippen LogP contribution is 2.31. The second kappa shape index (κ2) is 7.41. The van der Waals surface area contributed by atoms with Crippen molar-refractivity contribution >= 4 is 9.84 Å². The van der Waals surface area contributed by atoms with Crippen LogP contribution in [0.4, 0.5) is 0 Å². The Labute approximate surface area is 130 Å². The van der Waals surface area contributed by atoms with Crippen molar-refractivity contribution in [1.82, 2.24) is 5.32 Å². The Hall–Kier alpha value is -0.870. The highest BCUT2D eigenvalue weighted by atomic mass is 32.2. The first-order valence-corrected chi connectivity index (χ1v) is 9.50. The van der Waals surface area contributed by atoms with Crippen LogP contribution in [0.2, 0.25) is 0 Å². The normalized spacial score (nSPS) is 14.1. The molecule has 1 unspecified atom stereocenters. The quantitative estimate of drug-likeness (QED) is 0.839. The Morgan fingerprint density at radius 1 is 1.19 bits per heavy atom. The lowest BCUT2D eigenvalue weighted by Crippen LogP contribution is -2.23. The first-order chi connectivity index (χ1) is 9.71. The van der Waals surface area contributed by atoms with Gasteiger partial charge in [-0.3, -0.25) is 0 Å². The third-order valence-electron chi connectivity index (χ3n) is 3.88. The van der Waals surface area contributed by atoms with Gasteiger partial charge in [0.25, 0.3) is 0 Å². The molecule has 21 heavy (non-hydrogen) atoms. The Morgan fingerprint density at radius 3 is 2.33 bits per heavy atom. The summed E-state index contributed by atoms with van der Waals surface area (Å²) in [6.07, 6.45) is 1.53. The molecule has 1 atom stereocenters. The van der Waals surface area contributed by atoms with Crippen LogP contribution in [0, 0.1) is 0 Å². The van der Waals surface area contributed by atoms with E-state index in [1.54, 1.807) is 6.92 Å². The fourth-order valence-corrected chi connectivity index (χ4v) is 3.49. The first kappa shape index (κ1) is 18.2. The topological polar surface area (TPSA) is 46.2 Å². The summed E-state index contributed by atoms with van der Waals surface area (Å²) in [4.78, 5) is 0. The molecule has 1 rings (SSSR count). The van der Waals surface area contributed by atoms with Crippen LogP contribution in [0.3, 0.4) is 0 Å². The van der Waals surface area contributed by atoms with Gasteiger partial charge in [-0.2, -0.15) is 0 Å². The first-order valence-electron chi connectivity index (χ1n) is 7.68.